The standard InChI is InChI=1S/C16H27NO2/c1-2-3-4-5-6-9-12-19-13-16(18)14-10-7-8-11-15(14)17/h7-8,10-11,16,18H,2-6,9,12-13,17H2,1H3. The van der Waals surface area contributed by atoms with Crippen molar-refractivity contribution in [2.45, 2.75) is 51.6 Å². The Morgan fingerprint density at radius 2 is 1.79 bits per heavy atom. The molecule has 0 saturated carbocycles. The Labute approximate surface area is 116 Å². The van der Waals surface area contributed by atoms with Crippen LogP contribution in [0.1, 0.15) is 57.1 Å². The zero-order chi connectivity index (χ0) is 13.9. The summed E-state index contributed by atoms with van der Waals surface area (Å²) in [5, 5.41) is 9.97. The highest BCUT2D eigenvalue weighted by molar-refractivity contribution is 5.47. The first-order valence-electron chi connectivity index (χ1n) is 7.36. The van der Waals surface area contributed by atoms with Gasteiger partial charge in [-0.3, -0.25) is 0 Å². The van der Waals surface area contributed by atoms with Gasteiger partial charge in [0, 0.05) is 17.9 Å². The fourth-order valence-corrected chi connectivity index (χ4v) is 2.08. The first kappa shape index (κ1) is 16.0. The van der Waals surface area contributed by atoms with Gasteiger partial charge in [0.05, 0.1) is 6.61 Å². The van der Waals surface area contributed by atoms with Crippen molar-refractivity contribution in [3.05, 3.63) is 29.8 Å². The molecule has 0 spiro atoms. The van der Waals surface area contributed by atoms with Crippen LogP contribution >= 0.6 is 0 Å². The Balaban J connectivity index is 2.08. The number of benzene rings is 1. The molecule has 0 aliphatic carbocycles. The number of nitrogens with two attached hydrogens (primary N) is 1. The predicted octanol–water partition coefficient (Wildman–Crippen LogP) is 3.68. The number of aliphatic hydroxyl groups is 1. The zero-order valence-electron chi connectivity index (χ0n) is 12.0. The van der Waals surface area contributed by atoms with Crippen molar-refractivity contribution in [1.82, 2.24) is 0 Å². The van der Waals surface area contributed by atoms with Gasteiger partial charge in [-0.2, -0.15) is 0 Å². The molecule has 19 heavy (non-hydrogen) atoms. The minimum absolute atomic E-state index is 0.323. The van der Waals surface area contributed by atoms with Crippen LogP contribution in [0.15, 0.2) is 24.3 Å². The van der Waals surface area contributed by atoms with Gasteiger partial charge in [-0.25, -0.2) is 0 Å². The second-order valence-electron chi connectivity index (χ2n) is 4.99. The van der Waals surface area contributed by atoms with E-state index < -0.39 is 6.10 Å². The normalized spacial score (nSPS) is 12.5. The van der Waals surface area contributed by atoms with Crippen LogP contribution in [-0.2, 0) is 4.74 Å². The minimum atomic E-state index is -0.624. The number of hydrogen-bond acceptors (Lipinski definition) is 3. The molecule has 0 aromatic heterocycles. The first-order chi connectivity index (χ1) is 9.25. The summed E-state index contributed by atoms with van der Waals surface area (Å²) in [5.41, 5.74) is 7.18. The van der Waals surface area contributed by atoms with Crippen molar-refractivity contribution in [3.63, 3.8) is 0 Å². The average molecular weight is 265 g/mol. The summed E-state index contributed by atoms with van der Waals surface area (Å²) in [4.78, 5) is 0. The van der Waals surface area contributed by atoms with Gasteiger partial charge in [-0.05, 0) is 12.5 Å². The highest BCUT2D eigenvalue weighted by Crippen LogP contribution is 2.20. The molecule has 0 bridgehead atoms. The van der Waals surface area contributed by atoms with Crippen LogP contribution in [0.2, 0.25) is 0 Å². The van der Waals surface area contributed by atoms with E-state index in [2.05, 4.69) is 6.92 Å². The van der Waals surface area contributed by atoms with Crippen LogP contribution in [0, 0.1) is 0 Å². The summed E-state index contributed by atoms with van der Waals surface area (Å²) >= 11 is 0. The Morgan fingerprint density at radius 1 is 1.11 bits per heavy atom. The lowest BCUT2D eigenvalue weighted by atomic mass is 10.1. The summed E-state index contributed by atoms with van der Waals surface area (Å²) in [5.74, 6) is 0. The largest absolute Gasteiger partial charge is 0.398 e. The molecule has 0 heterocycles. The van der Waals surface area contributed by atoms with E-state index in [1.165, 1.54) is 32.1 Å². The van der Waals surface area contributed by atoms with Crippen molar-refractivity contribution < 1.29 is 9.84 Å². The van der Waals surface area contributed by atoms with Gasteiger partial charge in [0.2, 0.25) is 0 Å². The number of para-hydroxylation sites is 1. The Bertz CT molecular complexity index is 341. The maximum atomic E-state index is 9.97. The third kappa shape index (κ3) is 6.60. The molecule has 1 unspecified atom stereocenters. The van der Waals surface area contributed by atoms with Gasteiger partial charge >= 0.3 is 0 Å². The Kier molecular flexibility index (Phi) is 8.26. The third-order valence-electron chi connectivity index (χ3n) is 3.27. The number of anilines is 1. The molecule has 0 amide bonds. The second kappa shape index (κ2) is 9.82. The number of rotatable bonds is 10. The van der Waals surface area contributed by atoms with Gasteiger partial charge in [0.1, 0.15) is 6.10 Å². The minimum Gasteiger partial charge on any atom is -0.398 e. The number of unbranched alkanes of at least 4 members (excludes halogenated alkanes) is 5. The van der Waals surface area contributed by atoms with Crippen molar-refractivity contribution >= 4 is 5.69 Å². The van der Waals surface area contributed by atoms with E-state index in [0.717, 1.165) is 18.6 Å². The summed E-state index contributed by atoms with van der Waals surface area (Å²) in [7, 11) is 0. The van der Waals surface area contributed by atoms with Crippen LogP contribution in [0.3, 0.4) is 0 Å². The SMILES string of the molecule is CCCCCCCCOCC(O)c1ccccc1N. The van der Waals surface area contributed by atoms with Crippen molar-refractivity contribution in [1.29, 1.82) is 0 Å². The van der Waals surface area contributed by atoms with Crippen LogP contribution in [0.5, 0.6) is 0 Å². The third-order valence-corrected chi connectivity index (χ3v) is 3.27. The molecule has 108 valence electrons. The molecular weight excluding hydrogens is 238 g/mol. The fraction of sp³-hybridized carbons (Fsp3) is 0.625. The molecule has 1 aromatic rings. The van der Waals surface area contributed by atoms with Gasteiger partial charge in [-0.15, -0.1) is 0 Å². The summed E-state index contributed by atoms with van der Waals surface area (Å²) in [6.45, 7) is 3.26. The number of nitrogen functional groups attached to an aromatic ring is 1. The van der Waals surface area contributed by atoms with Crippen molar-refractivity contribution in [2.75, 3.05) is 18.9 Å². The Hall–Kier alpha value is -1.06. The molecule has 0 aliphatic heterocycles. The highest BCUT2D eigenvalue weighted by Gasteiger charge is 2.10. The number of aliphatic hydroxyl groups excluding tert-OH is 1. The van der Waals surface area contributed by atoms with E-state index >= 15 is 0 Å². The smallest absolute Gasteiger partial charge is 0.104 e. The summed E-state index contributed by atoms with van der Waals surface area (Å²) in [6, 6.07) is 7.38. The van der Waals surface area contributed by atoms with Gasteiger partial charge < -0.3 is 15.6 Å². The van der Waals surface area contributed by atoms with E-state index in [1.807, 2.05) is 18.2 Å². The first-order valence-corrected chi connectivity index (χ1v) is 7.36. The van der Waals surface area contributed by atoms with Crippen LogP contribution in [0.4, 0.5) is 5.69 Å². The van der Waals surface area contributed by atoms with Crippen LogP contribution in [0.25, 0.3) is 0 Å². The quantitative estimate of drug-likeness (QED) is 0.501. The fourth-order valence-electron chi connectivity index (χ4n) is 2.08. The molecule has 0 radical (unpaired) electrons. The second-order valence-corrected chi connectivity index (χ2v) is 4.99. The maximum Gasteiger partial charge on any atom is 0.104 e. The molecular formula is C16H27NO2. The summed E-state index contributed by atoms with van der Waals surface area (Å²) in [6.07, 6.45) is 6.87. The van der Waals surface area contributed by atoms with Gasteiger partial charge in [0.25, 0.3) is 0 Å². The zero-order valence-corrected chi connectivity index (χ0v) is 12.0. The molecule has 0 saturated heterocycles. The van der Waals surface area contributed by atoms with E-state index in [1.54, 1.807) is 6.07 Å². The molecule has 1 atom stereocenters. The topological polar surface area (TPSA) is 55.5 Å². The highest BCUT2D eigenvalue weighted by atomic mass is 16.5. The average Bonchev–Trinajstić information content (AvgIpc) is 2.42. The molecule has 3 N–H and O–H groups in total. The summed E-state index contributed by atoms with van der Waals surface area (Å²) < 4.78 is 5.51. The molecule has 1 rings (SSSR count). The molecule has 3 heteroatoms. The Morgan fingerprint density at radius 3 is 2.53 bits per heavy atom. The van der Waals surface area contributed by atoms with Crippen molar-refractivity contribution in [3.8, 4) is 0 Å². The van der Waals surface area contributed by atoms with E-state index in [9.17, 15) is 5.11 Å². The molecule has 0 fully saturated rings. The maximum absolute atomic E-state index is 9.97. The predicted molar refractivity (Wildman–Crippen MR) is 80.0 cm³/mol. The molecule has 3 nitrogen and oxygen atoms in total. The van der Waals surface area contributed by atoms with Gasteiger partial charge in [0.15, 0.2) is 0 Å². The molecule has 1 aromatic carbocycles. The van der Waals surface area contributed by atoms with Crippen LogP contribution < -0.4 is 5.73 Å². The van der Waals surface area contributed by atoms with Gasteiger partial charge in [-0.1, -0.05) is 57.2 Å². The van der Waals surface area contributed by atoms with Crippen LogP contribution in [-0.4, -0.2) is 18.3 Å². The lowest BCUT2D eigenvalue weighted by Crippen LogP contribution is -2.10. The van der Waals surface area contributed by atoms with E-state index in [4.69, 9.17) is 10.5 Å². The lowest BCUT2D eigenvalue weighted by Gasteiger charge is -2.13. The van der Waals surface area contributed by atoms with E-state index in [-0.39, 0.29) is 0 Å². The molecule has 0 aliphatic rings. The monoisotopic (exact) mass is 265 g/mol. The number of ether oxygens (including phenoxy) is 1. The number of hydrogen-bond donors (Lipinski definition) is 2. The lowest BCUT2D eigenvalue weighted by molar-refractivity contribution is 0.0348. The van der Waals surface area contributed by atoms with Crippen molar-refractivity contribution in [2.24, 2.45) is 0 Å². The van der Waals surface area contributed by atoms with E-state index in [0.29, 0.717) is 12.3 Å².